The average Bonchev–Trinajstić information content (AvgIpc) is 0.860. The zero-order valence-electron chi connectivity index (χ0n) is 68.9. The number of esters is 2. The average molecular weight is 1940 g/mol. The van der Waals surface area contributed by atoms with Crippen molar-refractivity contribution in [3.05, 3.63) is 289 Å². The second-order valence-corrected chi connectivity index (χ2v) is 28.4. The molecule has 0 fully saturated rings. The first-order valence-corrected chi connectivity index (χ1v) is 39.7. The maximum Gasteiger partial charge on any atom is 0.416 e. The van der Waals surface area contributed by atoms with E-state index in [1.54, 1.807) is 43.8 Å². The number of thiol groups is 1. The lowest BCUT2D eigenvalue weighted by Crippen LogP contribution is -2.14. The summed E-state index contributed by atoms with van der Waals surface area (Å²) in [6.07, 6.45) is -21.7. The first-order valence-electron chi connectivity index (χ1n) is 36.2. The fourth-order valence-electron chi connectivity index (χ4n) is 8.31. The van der Waals surface area contributed by atoms with E-state index in [1.165, 1.54) is 60.3 Å². The lowest BCUT2D eigenvalue weighted by molar-refractivity contribution is -0.146. The van der Waals surface area contributed by atoms with Crippen LogP contribution in [0, 0.1) is 28.2 Å². The van der Waals surface area contributed by atoms with Crippen molar-refractivity contribution in [3.63, 3.8) is 0 Å². The van der Waals surface area contributed by atoms with Gasteiger partial charge in [-0.2, -0.15) is 65.9 Å². The van der Waals surface area contributed by atoms with Crippen LogP contribution < -0.4 is 33.2 Å². The zero-order chi connectivity index (χ0) is 94.7. The van der Waals surface area contributed by atoms with Crippen LogP contribution in [0.4, 0.5) is 65.9 Å². The van der Waals surface area contributed by atoms with E-state index in [1.807, 2.05) is 57.2 Å². The molecule has 0 heterocycles. The minimum atomic E-state index is -4.37. The molecule has 0 amide bonds. The Labute approximate surface area is 766 Å². The van der Waals surface area contributed by atoms with E-state index in [4.69, 9.17) is 96.5 Å². The number of ether oxygens (including phenoxy) is 9. The van der Waals surface area contributed by atoms with Gasteiger partial charge in [-0.3, -0.25) is 0 Å². The molecule has 0 atom stereocenters. The molecule has 718 valence electrons. The van der Waals surface area contributed by atoms with Gasteiger partial charge in [0.1, 0.15) is 72.4 Å². The number of carboxylic acids is 1. The highest BCUT2D eigenvalue weighted by Gasteiger charge is 2.33. The van der Waals surface area contributed by atoms with Crippen molar-refractivity contribution in [2.75, 3.05) is 103 Å². The molecule has 0 aliphatic rings. The molecule has 0 unspecified atom stereocenters. The Hall–Kier alpha value is -10.3. The molecule has 6 N–H and O–H groups in total. The number of hydrogen-bond donors (Lipinski definition) is 7. The normalized spacial score (nSPS) is 10.4. The molecule has 8 aromatic carbocycles. The number of phenols is 1. The van der Waals surface area contributed by atoms with Crippen molar-refractivity contribution in [2.24, 2.45) is 0 Å². The topological polar surface area (TPSA) is 256 Å². The van der Waals surface area contributed by atoms with E-state index in [9.17, 15) is 80.2 Å². The minimum Gasteiger partial charge on any atom is -0.508 e. The Morgan fingerprint density at radius 2 is 0.605 bits per heavy atom. The maximum absolute atomic E-state index is 12.6. The maximum atomic E-state index is 12.6. The molecular formula is C91H108Cl2F15O18S3-. The number of halogens is 17. The van der Waals surface area contributed by atoms with Crippen LogP contribution in [0.2, 0.25) is 0 Å². The Morgan fingerprint density at radius 1 is 0.364 bits per heavy atom. The van der Waals surface area contributed by atoms with Gasteiger partial charge >= 0.3 is 48.8 Å². The molecule has 0 saturated heterocycles. The summed E-state index contributed by atoms with van der Waals surface area (Å²) >= 11 is 16.8. The number of carbonyl (C=O) groups is 3. The molecule has 0 aromatic heterocycles. The number of aliphatic hydroxyl groups is 4. The second-order valence-electron chi connectivity index (χ2n) is 25.0. The quantitative estimate of drug-likeness (QED) is 0.00384. The number of aliphatic carboxylic acids is 1. The van der Waals surface area contributed by atoms with Gasteiger partial charge in [0.15, 0.2) is 19.8 Å². The number of aliphatic hydroxyl groups excluding tert-OH is 4. The van der Waals surface area contributed by atoms with Crippen LogP contribution in [-0.4, -0.2) is 151 Å². The van der Waals surface area contributed by atoms with Crippen molar-refractivity contribution >= 4 is 77.3 Å². The van der Waals surface area contributed by atoms with Gasteiger partial charge in [0.2, 0.25) is 0 Å². The number of alkyl halides is 17. The predicted octanol–water partition coefficient (Wildman–Crippen LogP) is 24.1. The van der Waals surface area contributed by atoms with Gasteiger partial charge in [-0.15, -0.1) is 59.4 Å². The third kappa shape index (κ3) is 56.0. The third-order valence-corrected chi connectivity index (χ3v) is 17.1. The summed E-state index contributed by atoms with van der Waals surface area (Å²) in [6.45, 7) is 27.2. The number of benzene rings is 8. The van der Waals surface area contributed by atoms with Crippen LogP contribution in [-0.2, 0) is 54.7 Å². The number of thioether (sulfide) groups is 2. The van der Waals surface area contributed by atoms with Crippen LogP contribution in [0.3, 0.4) is 0 Å². The first kappa shape index (κ1) is 125. The van der Waals surface area contributed by atoms with Gasteiger partial charge < -0.3 is 80.7 Å². The van der Waals surface area contributed by atoms with Gasteiger partial charge in [-0.25, -0.2) is 14.4 Å². The van der Waals surface area contributed by atoms with Crippen molar-refractivity contribution < 1.29 is 154 Å². The molecule has 0 saturated carbocycles. The molecular weight excluding hydrogens is 1830 g/mol. The Bertz CT molecular complexity index is 4500. The summed E-state index contributed by atoms with van der Waals surface area (Å²) in [5.41, 5.74) is 1.95. The van der Waals surface area contributed by atoms with Gasteiger partial charge in [-0.05, 0) is 255 Å². The highest BCUT2D eigenvalue weighted by molar-refractivity contribution is 7.99. The summed E-state index contributed by atoms with van der Waals surface area (Å²) in [7, 11) is 0. The molecule has 0 aliphatic carbocycles. The third-order valence-electron chi connectivity index (χ3n) is 14.6. The highest BCUT2D eigenvalue weighted by atomic mass is 35.5. The number of carboxylic acid groups (broad SMARTS) is 1. The summed E-state index contributed by atoms with van der Waals surface area (Å²) < 4.78 is 231. The number of rotatable bonds is 33. The monoisotopic (exact) mass is 1940 g/mol. The standard InChI is InChI=1S/C22H23F3O4S.C20H19F3O4S.2C11H11F3O2.C11H14O3S.C7H5F3O.C4H8O2.CH2Cl2.3CH4.CH3/c1-4-27-21(26)13-29-20-10-9-19(11-16(20)3)30-14-15(2)12-28-18-7-5-17(6-8-18)22(23,24)25;1-13(10-26-16-5-3-15(4-6-16)20(21,22)23)12-28-17-7-8-18(14(2)9-17)27-11-19(24)25;2*1-8(6-15)7-16-10-4-2-9(3-5-10)11(12,13)14;1-3-13-11(12)7-14-10-5-4-9(15)6-8(10)2;8-7(9,10)5-1-3-6(11)4-2-5;1-4(2-5)3-6;2-1-3;;;;/h5-11H,2,4,12-14H2,1,3H3;3-9H,1,10-12H2,2H3,(H,24,25);2*2-5,15H,1,6-7H2;4-6,15H,3,7H2,1-2H3;1-4,11H;5-6H,1-3H2;1H2;3*1H4;1H3/q;;;;;;;;;;;-1. The fourth-order valence-corrected chi connectivity index (χ4v) is 10.3. The Morgan fingerprint density at radius 3 is 0.829 bits per heavy atom. The Balaban J connectivity index is -0.000000728. The molecule has 18 nitrogen and oxygen atoms in total. The van der Waals surface area contributed by atoms with Crippen LogP contribution in [0.1, 0.15) is 80.6 Å². The smallest absolute Gasteiger partial charge is 0.416 e. The highest BCUT2D eigenvalue weighted by Crippen LogP contribution is 2.36. The van der Waals surface area contributed by atoms with Gasteiger partial charge in [-0.1, -0.05) is 55.2 Å². The number of aromatic hydroxyl groups is 1. The summed E-state index contributed by atoms with van der Waals surface area (Å²) in [5.74, 6) is 2.28. The van der Waals surface area contributed by atoms with Crippen LogP contribution in [0.15, 0.2) is 251 Å². The van der Waals surface area contributed by atoms with Gasteiger partial charge in [0.05, 0.1) is 72.8 Å². The lowest BCUT2D eigenvalue weighted by Gasteiger charge is -2.12. The summed E-state index contributed by atoms with van der Waals surface area (Å²) in [4.78, 5) is 35.8. The zero-order valence-corrected chi connectivity index (χ0v) is 72.9. The molecule has 0 radical (unpaired) electrons. The fraction of sp³-hybridized carbons (Fsp3) is 0.319. The van der Waals surface area contributed by atoms with E-state index >= 15 is 0 Å². The van der Waals surface area contributed by atoms with E-state index in [0.717, 1.165) is 115 Å². The molecule has 8 aromatic rings. The molecule has 38 heteroatoms. The summed E-state index contributed by atoms with van der Waals surface area (Å²) in [6, 6.07) is 37.9. The predicted molar refractivity (Wildman–Crippen MR) is 478 cm³/mol. The molecule has 0 aliphatic heterocycles. The number of aryl methyl sites for hydroxylation is 3. The van der Waals surface area contributed by atoms with Gasteiger partial charge in [0, 0.05) is 26.2 Å². The minimum absolute atomic E-state index is 0. The first-order chi connectivity index (χ1) is 58.5. The van der Waals surface area contributed by atoms with Crippen LogP contribution in [0.25, 0.3) is 0 Å². The van der Waals surface area contributed by atoms with Crippen molar-refractivity contribution in [1.82, 2.24) is 0 Å². The van der Waals surface area contributed by atoms with Crippen molar-refractivity contribution in [1.29, 1.82) is 0 Å². The largest absolute Gasteiger partial charge is 0.508 e. The number of phenolic OH excluding ortho intramolecular Hbond substituents is 1. The SMILES string of the molecule is C.C.C.C=C(CO)CO.C=C(CO)COc1ccc(C(F)(F)F)cc1.C=C(CO)COc1ccc(C(F)(F)F)cc1.C=C(COc1ccc(C(F)(F)F)cc1)CSc1ccc(OCC(=O)O)c(C)c1.C=C(COc1ccc(C(F)(F)F)cc1)CSc1ccc(OCC(=O)OCC)c(C)c1.CCOC(=O)COc1ccc(S)cc1C.ClCCl.Oc1ccc(C(F)(F)F)cc1.[CH3-]. The molecule has 129 heavy (non-hydrogen) atoms. The molecule has 8 rings (SSSR count). The number of carbonyl (C=O) groups excluding carboxylic acids is 2. The van der Waals surface area contributed by atoms with E-state index < -0.39 is 77.2 Å². The van der Waals surface area contributed by atoms with Crippen molar-refractivity contribution in [3.8, 4) is 46.0 Å². The van der Waals surface area contributed by atoms with E-state index in [-0.39, 0.29) is 113 Å². The van der Waals surface area contributed by atoms with Crippen LogP contribution >= 0.6 is 59.4 Å². The van der Waals surface area contributed by atoms with Crippen molar-refractivity contribution in [2.45, 2.75) is 102 Å². The number of hydrogen-bond acceptors (Lipinski definition) is 20. The second kappa shape index (κ2) is 65.3. The van der Waals surface area contributed by atoms with Gasteiger partial charge in [0.25, 0.3) is 0 Å². The van der Waals surface area contributed by atoms with E-state index in [2.05, 4.69) is 45.5 Å². The molecule has 0 bridgehead atoms. The van der Waals surface area contributed by atoms with E-state index in [0.29, 0.717) is 81.7 Å². The van der Waals surface area contributed by atoms with Crippen LogP contribution in [0.5, 0.6) is 46.0 Å². The summed E-state index contributed by atoms with van der Waals surface area (Å²) in [5, 5.41) is 50.9. The Kier molecular flexibility index (Phi) is 63.2. The lowest BCUT2D eigenvalue weighted by atomic mass is 10.2. The molecule has 0 spiro atoms.